The number of thioether (sulfide) groups is 1. The van der Waals surface area contributed by atoms with Gasteiger partial charge in [0.25, 0.3) is 5.91 Å². The van der Waals surface area contributed by atoms with Crippen LogP contribution in [0.3, 0.4) is 0 Å². The van der Waals surface area contributed by atoms with Crippen LogP contribution < -0.4 is 30.3 Å². The topological polar surface area (TPSA) is 121 Å². The first kappa shape index (κ1) is 26.9. The van der Waals surface area contributed by atoms with Gasteiger partial charge in [-0.3, -0.25) is 9.69 Å². The Morgan fingerprint density at radius 1 is 1.20 bits per heavy atom. The van der Waals surface area contributed by atoms with Crippen molar-refractivity contribution in [2.75, 3.05) is 24.5 Å². The molecule has 3 N–H and O–H groups in total. The van der Waals surface area contributed by atoms with Crippen molar-refractivity contribution < 1.29 is 37.4 Å². The van der Waals surface area contributed by atoms with Crippen LogP contribution in [0.5, 0.6) is 11.5 Å². The molecular formula is C26H31F2N5O6S. The number of ether oxygens (including phenoxy) is 3. The average Bonchev–Trinajstić information content (AvgIpc) is 3.39. The number of rotatable bonds is 3. The van der Waals surface area contributed by atoms with Crippen molar-refractivity contribution in [3.05, 3.63) is 28.8 Å². The number of anilines is 1. The van der Waals surface area contributed by atoms with Gasteiger partial charge >= 0.3 is 18.4 Å². The number of hydrogen-bond acceptors (Lipinski definition) is 8. The standard InChI is InChI=1S/C26H31F2N5O6S/c1-25(2,3)39-24(36)32-10-4-5-13(12-32)30-21(34)20-19-18-15(8-9-29-22(18)40-20)33(23(35)31-19)14-6-7-16-17(11-14)38-26(27,28)37-16/h6-7,11,13,15,18,22,29H,4-5,8-10,12H2,1-3H3,(H,30,34)(H,31,35)/t13-,15?,18?,22?/m1/s1. The highest BCUT2D eigenvalue weighted by molar-refractivity contribution is 8.04. The molecule has 3 saturated heterocycles. The summed E-state index contributed by atoms with van der Waals surface area (Å²) in [6.45, 7) is 6.94. The van der Waals surface area contributed by atoms with Crippen LogP contribution in [0.4, 0.5) is 24.1 Å². The lowest BCUT2D eigenvalue weighted by Gasteiger charge is -2.45. The molecule has 0 radical (unpaired) electrons. The monoisotopic (exact) mass is 579 g/mol. The van der Waals surface area contributed by atoms with Crippen LogP contribution >= 0.6 is 11.8 Å². The lowest BCUT2D eigenvalue weighted by Crippen LogP contribution is -2.62. The van der Waals surface area contributed by atoms with E-state index in [1.54, 1.807) is 15.9 Å². The van der Waals surface area contributed by atoms with E-state index in [1.807, 2.05) is 20.8 Å². The number of halogens is 2. The minimum Gasteiger partial charge on any atom is -0.444 e. The van der Waals surface area contributed by atoms with Gasteiger partial charge in [0.1, 0.15) is 5.60 Å². The zero-order valence-electron chi connectivity index (χ0n) is 22.3. The summed E-state index contributed by atoms with van der Waals surface area (Å²) in [5.41, 5.74) is 0.339. The molecule has 216 valence electrons. The Balaban J connectivity index is 1.19. The fraction of sp³-hybridized carbons (Fsp3) is 0.577. The van der Waals surface area contributed by atoms with Crippen molar-refractivity contribution in [1.29, 1.82) is 0 Å². The molecule has 1 aromatic rings. The lowest BCUT2D eigenvalue weighted by molar-refractivity contribution is -0.286. The SMILES string of the molecule is CC(C)(C)OC(=O)N1CCC[C@@H](NC(=O)C2=C3NC(=O)N(c4ccc5c(c4)OC(F)(F)O5)C4CCNC(S2)C34)C1. The molecule has 5 heterocycles. The maximum Gasteiger partial charge on any atom is 0.586 e. The van der Waals surface area contributed by atoms with Crippen LogP contribution in [0.15, 0.2) is 28.8 Å². The Bertz CT molecular complexity index is 1290. The minimum absolute atomic E-state index is 0.0988. The van der Waals surface area contributed by atoms with Crippen LogP contribution in [0.1, 0.15) is 40.0 Å². The lowest BCUT2D eigenvalue weighted by atomic mass is 9.86. The first-order valence-electron chi connectivity index (χ1n) is 13.3. The second kappa shape index (κ2) is 9.68. The van der Waals surface area contributed by atoms with Gasteiger partial charge in [0.05, 0.1) is 16.3 Å². The van der Waals surface area contributed by atoms with E-state index in [9.17, 15) is 23.2 Å². The van der Waals surface area contributed by atoms with Crippen LogP contribution in [-0.4, -0.2) is 71.9 Å². The highest BCUT2D eigenvalue weighted by Crippen LogP contribution is 2.49. The first-order valence-corrected chi connectivity index (χ1v) is 14.2. The van der Waals surface area contributed by atoms with Crippen LogP contribution in [0.25, 0.3) is 0 Å². The summed E-state index contributed by atoms with van der Waals surface area (Å²) in [6.07, 6.45) is -2.12. The third-order valence-electron chi connectivity index (χ3n) is 7.42. The maximum absolute atomic E-state index is 13.6. The van der Waals surface area contributed by atoms with E-state index in [-0.39, 0.29) is 40.8 Å². The van der Waals surface area contributed by atoms with Crippen molar-refractivity contribution >= 4 is 35.5 Å². The Labute approximate surface area is 233 Å². The summed E-state index contributed by atoms with van der Waals surface area (Å²) in [5.74, 6) is -0.757. The van der Waals surface area contributed by atoms with Gasteiger partial charge in [-0.25, -0.2) is 9.59 Å². The van der Waals surface area contributed by atoms with Gasteiger partial charge in [0.2, 0.25) is 0 Å². The molecule has 0 aromatic heterocycles. The number of nitrogens with zero attached hydrogens (tertiary/aromatic N) is 2. The molecule has 6 rings (SSSR count). The molecular weight excluding hydrogens is 548 g/mol. The predicted octanol–water partition coefficient (Wildman–Crippen LogP) is 3.32. The van der Waals surface area contributed by atoms with Gasteiger partial charge in [-0.2, -0.15) is 0 Å². The average molecular weight is 580 g/mol. The van der Waals surface area contributed by atoms with Gasteiger partial charge in [-0.05, 0) is 58.7 Å². The number of piperidine rings is 2. The van der Waals surface area contributed by atoms with Crippen molar-refractivity contribution in [2.24, 2.45) is 5.92 Å². The molecule has 0 aliphatic carbocycles. The molecule has 5 aliphatic heterocycles. The Morgan fingerprint density at radius 3 is 2.75 bits per heavy atom. The largest absolute Gasteiger partial charge is 0.586 e. The van der Waals surface area contributed by atoms with Crippen LogP contribution in [0, 0.1) is 5.92 Å². The van der Waals surface area contributed by atoms with E-state index >= 15 is 0 Å². The number of carbonyl (C=O) groups is 3. The number of urea groups is 1. The fourth-order valence-electron chi connectivity index (χ4n) is 5.85. The summed E-state index contributed by atoms with van der Waals surface area (Å²) in [5, 5.41) is 9.23. The van der Waals surface area contributed by atoms with Crippen molar-refractivity contribution in [3.8, 4) is 11.5 Å². The summed E-state index contributed by atoms with van der Waals surface area (Å²) in [4.78, 5) is 43.0. The van der Waals surface area contributed by atoms with E-state index in [0.29, 0.717) is 42.3 Å². The maximum atomic E-state index is 13.6. The number of likely N-dealkylation sites (tertiary alicyclic amines) is 1. The molecule has 4 atom stereocenters. The zero-order valence-corrected chi connectivity index (χ0v) is 23.1. The molecule has 1 aromatic carbocycles. The highest BCUT2D eigenvalue weighted by Gasteiger charge is 2.52. The minimum atomic E-state index is -3.76. The molecule has 5 aliphatic rings. The van der Waals surface area contributed by atoms with E-state index in [4.69, 9.17) is 4.74 Å². The number of fused-ring (bicyclic) bond motifs is 1. The number of nitrogens with one attached hydrogen (secondary N) is 3. The number of carbonyl (C=O) groups excluding carboxylic acids is 3. The predicted molar refractivity (Wildman–Crippen MR) is 141 cm³/mol. The third kappa shape index (κ3) is 5.02. The van der Waals surface area contributed by atoms with Gasteiger partial charge in [0, 0.05) is 42.5 Å². The van der Waals surface area contributed by atoms with Gasteiger partial charge < -0.3 is 35.1 Å². The Morgan fingerprint density at radius 2 is 1.98 bits per heavy atom. The number of amides is 4. The third-order valence-corrected chi connectivity index (χ3v) is 8.77. The molecule has 11 nitrogen and oxygen atoms in total. The van der Waals surface area contributed by atoms with Crippen LogP contribution in [-0.2, 0) is 9.53 Å². The molecule has 0 saturated carbocycles. The van der Waals surface area contributed by atoms with Crippen molar-refractivity contribution in [3.63, 3.8) is 0 Å². The number of alkyl halides is 2. The summed E-state index contributed by atoms with van der Waals surface area (Å²) >= 11 is 1.37. The summed E-state index contributed by atoms with van der Waals surface area (Å²) in [7, 11) is 0. The quantitative estimate of drug-likeness (QED) is 0.499. The Hall–Kier alpha value is -3.26. The smallest absolute Gasteiger partial charge is 0.444 e. The molecule has 40 heavy (non-hydrogen) atoms. The number of benzene rings is 1. The van der Waals surface area contributed by atoms with Crippen LogP contribution in [0.2, 0.25) is 0 Å². The molecule has 0 bridgehead atoms. The van der Waals surface area contributed by atoms with E-state index in [2.05, 4.69) is 25.4 Å². The molecule has 0 spiro atoms. The number of hydrogen-bond donors (Lipinski definition) is 3. The van der Waals surface area contributed by atoms with E-state index in [0.717, 1.165) is 12.8 Å². The van der Waals surface area contributed by atoms with Crippen molar-refractivity contribution in [2.45, 2.75) is 69.4 Å². The fourth-order valence-corrected chi connectivity index (χ4v) is 7.25. The van der Waals surface area contributed by atoms with Gasteiger partial charge in [-0.1, -0.05) is 11.8 Å². The normalized spacial score (nSPS) is 28.7. The second-order valence-electron chi connectivity index (χ2n) is 11.5. The van der Waals surface area contributed by atoms with E-state index in [1.165, 1.54) is 23.9 Å². The van der Waals surface area contributed by atoms with Crippen molar-refractivity contribution in [1.82, 2.24) is 20.9 Å². The Kier molecular flexibility index (Phi) is 6.52. The second-order valence-corrected chi connectivity index (χ2v) is 12.6. The molecule has 4 amide bonds. The molecule has 3 fully saturated rings. The summed E-state index contributed by atoms with van der Waals surface area (Å²) < 4.78 is 41.7. The van der Waals surface area contributed by atoms with E-state index < -0.39 is 24.0 Å². The van der Waals surface area contributed by atoms with Gasteiger partial charge in [0.15, 0.2) is 11.5 Å². The molecule has 3 unspecified atom stereocenters. The first-order chi connectivity index (χ1) is 18.9. The zero-order chi connectivity index (χ0) is 28.4. The summed E-state index contributed by atoms with van der Waals surface area (Å²) in [6, 6.07) is 3.27. The molecule has 14 heteroatoms. The highest BCUT2D eigenvalue weighted by atomic mass is 32.2. The van der Waals surface area contributed by atoms with Gasteiger partial charge in [-0.15, -0.1) is 8.78 Å².